The van der Waals surface area contributed by atoms with Gasteiger partial charge in [-0.2, -0.15) is 5.26 Å². The third-order valence-corrected chi connectivity index (χ3v) is 2.53. The van der Waals surface area contributed by atoms with E-state index in [0.717, 1.165) is 6.07 Å². The lowest BCUT2D eigenvalue weighted by Gasteiger charge is -2.08. The predicted molar refractivity (Wildman–Crippen MR) is 58.8 cm³/mol. The van der Waals surface area contributed by atoms with E-state index in [0.29, 0.717) is 0 Å². The van der Waals surface area contributed by atoms with Gasteiger partial charge in [-0.25, -0.2) is 22.0 Å². The van der Waals surface area contributed by atoms with Crippen LogP contribution in [0.1, 0.15) is 5.69 Å². The van der Waals surface area contributed by atoms with Crippen molar-refractivity contribution in [1.29, 1.82) is 5.26 Å². The topological polar surface area (TPSA) is 36.7 Å². The first-order chi connectivity index (χ1) is 9.47. The second kappa shape index (κ2) is 5.25. The van der Waals surface area contributed by atoms with Crippen LogP contribution in [0.4, 0.5) is 22.0 Å². The molecule has 0 saturated heterocycles. The van der Waals surface area contributed by atoms with Crippen LogP contribution in [0.15, 0.2) is 18.2 Å². The van der Waals surface area contributed by atoms with E-state index in [9.17, 15) is 22.0 Å². The molecule has 0 unspecified atom stereocenters. The summed E-state index contributed by atoms with van der Waals surface area (Å²) in [7, 11) is 0. The summed E-state index contributed by atoms with van der Waals surface area (Å²) in [5.41, 5.74) is -1.37. The van der Waals surface area contributed by atoms with Gasteiger partial charge in [0.05, 0.1) is 29.4 Å². The molecule has 0 aliphatic carbocycles. The van der Waals surface area contributed by atoms with Crippen LogP contribution in [0, 0.1) is 40.4 Å². The molecule has 0 spiro atoms. The number of aromatic nitrogens is 1. The minimum Gasteiger partial charge on any atom is -0.252 e. The second-order valence-corrected chi connectivity index (χ2v) is 3.79. The Balaban J connectivity index is 2.70. The van der Waals surface area contributed by atoms with Crippen molar-refractivity contribution >= 4 is 0 Å². The normalized spacial score (nSPS) is 10.4. The van der Waals surface area contributed by atoms with Gasteiger partial charge in [0.1, 0.15) is 0 Å². The average molecular weight is 284 g/mol. The predicted octanol–water partition coefficient (Wildman–Crippen LogP) is 3.51. The maximum atomic E-state index is 13.6. The summed E-state index contributed by atoms with van der Waals surface area (Å²) in [4.78, 5) is 3.71. The van der Waals surface area contributed by atoms with Gasteiger partial charge in [-0.3, -0.25) is 4.98 Å². The van der Waals surface area contributed by atoms with Crippen molar-refractivity contribution in [2.24, 2.45) is 0 Å². The SMILES string of the molecule is N#CCc1cccc(-c2c(F)c(F)c(F)c(F)c2F)n1. The summed E-state index contributed by atoms with van der Waals surface area (Å²) in [6.07, 6.45) is -0.150. The molecular weight excluding hydrogens is 279 g/mol. The van der Waals surface area contributed by atoms with Crippen molar-refractivity contribution in [3.05, 3.63) is 53.0 Å². The van der Waals surface area contributed by atoms with Gasteiger partial charge in [-0.05, 0) is 12.1 Å². The molecule has 2 nitrogen and oxygen atoms in total. The maximum Gasteiger partial charge on any atom is 0.200 e. The fraction of sp³-hybridized carbons (Fsp3) is 0.0769. The Kier molecular flexibility index (Phi) is 3.66. The van der Waals surface area contributed by atoms with Gasteiger partial charge in [-0.15, -0.1) is 0 Å². The van der Waals surface area contributed by atoms with E-state index < -0.39 is 40.3 Å². The van der Waals surface area contributed by atoms with Crippen LogP contribution in [0.25, 0.3) is 11.3 Å². The Morgan fingerprint density at radius 3 is 2.00 bits per heavy atom. The highest BCUT2D eigenvalue weighted by atomic mass is 19.2. The van der Waals surface area contributed by atoms with E-state index in [4.69, 9.17) is 5.26 Å². The smallest absolute Gasteiger partial charge is 0.200 e. The molecule has 0 atom stereocenters. The first-order valence-corrected chi connectivity index (χ1v) is 5.32. The van der Waals surface area contributed by atoms with E-state index in [1.54, 1.807) is 6.07 Å². The monoisotopic (exact) mass is 284 g/mol. The standard InChI is InChI=1S/C13H5F5N2/c14-9-8(10(15)12(17)13(18)11(9)16)7-3-1-2-6(20-7)4-5-19/h1-3H,4H2. The lowest BCUT2D eigenvalue weighted by Crippen LogP contribution is -2.05. The lowest BCUT2D eigenvalue weighted by atomic mass is 10.1. The fourth-order valence-electron chi connectivity index (χ4n) is 1.63. The minimum atomic E-state index is -2.23. The molecule has 0 aliphatic rings. The highest BCUT2D eigenvalue weighted by Gasteiger charge is 2.27. The molecule has 1 aromatic heterocycles. The number of nitrogens with zero attached hydrogens (tertiary/aromatic N) is 2. The molecular formula is C13H5F5N2. The van der Waals surface area contributed by atoms with E-state index >= 15 is 0 Å². The second-order valence-electron chi connectivity index (χ2n) is 3.79. The zero-order valence-electron chi connectivity index (χ0n) is 9.72. The number of halogens is 5. The van der Waals surface area contributed by atoms with Gasteiger partial charge < -0.3 is 0 Å². The van der Waals surface area contributed by atoms with Gasteiger partial charge in [0.25, 0.3) is 0 Å². The van der Waals surface area contributed by atoms with Gasteiger partial charge >= 0.3 is 0 Å². The third kappa shape index (κ3) is 2.20. The summed E-state index contributed by atoms with van der Waals surface area (Å²) in [5.74, 6) is -10.2. The molecule has 0 bridgehead atoms. The van der Waals surface area contributed by atoms with Crippen LogP contribution >= 0.6 is 0 Å². The van der Waals surface area contributed by atoms with E-state index in [2.05, 4.69) is 4.98 Å². The Bertz CT molecular complexity index is 692. The molecule has 102 valence electrons. The minimum absolute atomic E-state index is 0.150. The van der Waals surface area contributed by atoms with Crippen molar-refractivity contribution in [2.75, 3.05) is 0 Å². The van der Waals surface area contributed by atoms with Gasteiger partial charge in [0.2, 0.25) is 5.82 Å². The molecule has 0 radical (unpaired) electrons. The van der Waals surface area contributed by atoms with E-state index in [-0.39, 0.29) is 12.1 Å². The highest BCUT2D eigenvalue weighted by molar-refractivity contribution is 5.61. The van der Waals surface area contributed by atoms with E-state index in [1.807, 2.05) is 0 Å². The number of hydrogen-bond donors (Lipinski definition) is 0. The van der Waals surface area contributed by atoms with Crippen LogP contribution in [-0.4, -0.2) is 4.98 Å². The van der Waals surface area contributed by atoms with E-state index in [1.165, 1.54) is 12.1 Å². The Morgan fingerprint density at radius 2 is 1.45 bits per heavy atom. The van der Waals surface area contributed by atoms with Gasteiger partial charge in [0, 0.05) is 0 Å². The molecule has 2 aromatic rings. The third-order valence-electron chi connectivity index (χ3n) is 2.53. The zero-order chi connectivity index (χ0) is 14.9. The van der Waals surface area contributed by atoms with Crippen LogP contribution < -0.4 is 0 Å². The van der Waals surface area contributed by atoms with Gasteiger partial charge in [-0.1, -0.05) is 6.07 Å². The van der Waals surface area contributed by atoms with Crippen molar-refractivity contribution in [3.8, 4) is 17.3 Å². The van der Waals surface area contributed by atoms with Crippen LogP contribution in [0.5, 0.6) is 0 Å². The number of rotatable bonds is 2. The molecule has 0 fully saturated rings. The summed E-state index contributed by atoms with van der Waals surface area (Å²) in [6, 6.07) is 5.58. The summed E-state index contributed by atoms with van der Waals surface area (Å²) in [5, 5.41) is 8.51. The Hall–Kier alpha value is -2.49. The zero-order valence-corrected chi connectivity index (χ0v) is 9.72. The summed E-state index contributed by atoms with van der Waals surface area (Å²) < 4.78 is 66.3. The molecule has 0 aliphatic heterocycles. The quantitative estimate of drug-likeness (QED) is 0.480. The van der Waals surface area contributed by atoms with Crippen molar-refractivity contribution in [2.45, 2.75) is 6.42 Å². The maximum absolute atomic E-state index is 13.6. The number of hydrogen-bond acceptors (Lipinski definition) is 2. The number of benzene rings is 1. The lowest BCUT2D eigenvalue weighted by molar-refractivity contribution is 0.381. The molecule has 0 amide bonds. The summed E-state index contributed by atoms with van der Waals surface area (Å²) in [6.45, 7) is 0. The highest BCUT2D eigenvalue weighted by Crippen LogP contribution is 2.30. The first-order valence-electron chi connectivity index (χ1n) is 5.32. The summed E-state index contributed by atoms with van der Waals surface area (Å²) >= 11 is 0. The van der Waals surface area contributed by atoms with Gasteiger partial charge in [0.15, 0.2) is 23.3 Å². The van der Waals surface area contributed by atoms with Crippen LogP contribution in [0.2, 0.25) is 0 Å². The fourth-order valence-corrected chi connectivity index (χ4v) is 1.63. The Morgan fingerprint density at radius 1 is 0.900 bits per heavy atom. The molecule has 2 rings (SSSR count). The molecule has 1 heterocycles. The van der Waals surface area contributed by atoms with Crippen molar-refractivity contribution in [3.63, 3.8) is 0 Å². The number of nitriles is 1. The Labute approximate surface area is 110 Å². The molecule has 0 saturated carbocycles. The molecule has 0 N–H and O–H groups in total. The van der Waals surface area contributed by atoms with Crippen molar-refractivity contribution in [1.82, 2.24) is 4.98 Å². The largest absolute Gasteiger partial charge is 0.252 e. The molecule has 20 heavy (non-hydrogen) atoms. The van der Waals surface area contributed by atoms with Crippen LogP contribution in [0.3, 0.4) is 0 Å². The first kappa shape index (κ1) is 13.9. The van der Waals surface area contributed by atoms with Crippen molar-refractivity contribution < 1.29 is 22.0 Å². The molecule has 1 aromatic carbocycles. The average Bonchev–Trinajstić information content (AvgIpc) is 2.44. The number of pyridine rings is 1. The van der Waals surface area contributed by atoms with Crippen LogP contribution in [-0.2, 0) is 6.42 Å². The molecule has 7 heteroatoms.